The number of alkyl halides is 3. The second-order valence-electron chi connectivity index (χ2n) is 8.65. The minimum atomic E-state index is -4.76. The van der Waals surface area contributed by atoms with Crippen LogP contribution in [0, 0.1) is 5.95 Å². The Morgan fingerprint density at radius 3 is 2.38 bits per heavy atom. The van der Waals surface area contributed by atoms with E-state index in [9.17, 15) is 32.3 Å². The Kier molecular flexibility index (Phi) is 5.81. The van der Waals surface area contributed by atoms with Crippen molar-refractivity contribution in [3.05, 3.63) is 99.0 Å². The summed E-state index contributed by atoms with van der Waals surface area (Å²) in [5, 5.41) is 12.2. The molecule has 0 amide bonds. The average Bonchev–Trinajstić information content (AvgIpc) is 3.28. The van der Waals surface area contributed by atoms with Crippen LogP contribution in [0.3, 0.4) is 0 Å². The molecule has 190 valence electrons. The summed E-state index contributed by atoms with van der Waals surface area (Å²) < 4.78 is 55.5. The van der Waals surface area contributed by atoms with Gasteiger partial charge in [0.15, 0.2) is 5.69 Å². The molecule has 1 aromatic carbocycles. The molecule has 4 heterocycles. The summed E-state index contributed by atoms with van der Waals surface area (Å²) in [5.41, 5.74) is -0.456. The van der Waals surface area contributed by atoms with Gasteiger partial charge < -0.3 is 15.3 Å². The highest BCUT2D eigenvalue weighted by atomic mass is 19.4. The zero-order valence-electron chi connectivity index (χ0n) is 19.3. The minimum Gasteiger partial charge on any atom is -0.476 e. The Morgan fingerprint density at radius 1 is 1.08 bits per heavy atom. The van der Waals surface area contributed by atoms with Gasteiger partial charge in [-0.25, -0.2) is 14.8 Å². The first kappa shape index (κ1) is 24.2. The SMILES string of the molecule is C[C@@H](Nc1ccc(F)nc1C(=O)O)c1cc(C(F)(F)F)cn2c(=O)cc(N3Cc4ccccc4C3)nc12. The van der Waals surface area contributed by atoms with Crippen molar-refractivity contribution in [3.63, 3.8) is 0 Å². The monoisotopic (exact) mass is 513 g/mol. The second-order valence-corrected chi connectivity index (χ2v) is 8.65. The standard InChI is InChI=1S/C25H19F4N5O3/c1-13(30-18-6-7-19(26)31-22(18)24(36)37)17-8-16(25(27,28)29)12-34-21(35)9-20(32-23(17)34)33-10-14-4-2-3-5-15(14)11-33/h2-9,12-13,30H,10-11H2,1H3,(H,36,37)/t13-/m1/s1. The number of fused-ring (bicyclic) bond motifs is 2. The smallest absolute Gasteiger partial charge is 0.417 e. The molecule has 1 aliphatic heterocycles. The molecule has 0 fully saturated rings. The van der Waals surface area contributed by atoms with Gasteiger partial charge in [0.05, 0.1) is 17.3 Å². The van der Waals surface area contributed by atoms with E-state index >= 15 is 0 Å². The summed E-state index contributed by atoms with van der Waals surface area (Å²) in [6.07, 6.45) is -4.08. The number of carbonyl (C=O) groups is 1. The topological polar surface area (TPSA) is 99.8 Å². The molecule has 2 N–H and O–H groups in total. The van der Waals surface area contributed by atoms with E-state index in [0.29, 0.717) is 25.1 Å². The van der Waals surface area contributed by atoms with E-state index in [-0.39, 0.29) is 16.9 Å². The third-order valence-electron chi connectivity index (χ3n) is 6.17. The Hall–Kier alpha value is -4.48. The molecule has 0 saturated heterocycles. The maximum absolute atomic E-state index is 13.7. The van der Waals surface area contributed by atoms with Crippen LogP contribution in [0.5, 0.6) is 0 Å². The van der Waals surface area contributed by atoms with E-state index in [4.69, 9.17) is 0 Å². The molecule has 4 aromatic rings. The third-order valence-corrected chi connectivity index (χ3v) is 6.17. The van der Waals surface area contributed by atoms with Crippen LogP contribution >= 0.6 is 0 Å². The van der Waals surface area contributed by atoms with Crippen molar-refractivity contribution in [1.29, 1.82) is 0 Å². The van der Waals surface area contributed by atoms with Gasteiger partial charge in [-0.1, -0.05) is 24.3 Å². The Balaban J connectivity index is 1.63. The lowest BCUT2D eigenvalue weighted by Gasteiger charge is -2.22. The van der Waals surface area contributed by atoms with E-state index in [0.717, 1.165) is 33.7 Å². The van der Waals surface area contributed by atoms with Crippen LogP contribution in [-0.4, -0.2) is 25.4 Å². The number of halogens is 4. The van der Waals surface area contributed by atoms with Gasteiger partial charge >= 0.3 is 12.1 Å². The van der Waals surface area contributed by atoms with E-state index in [2.05, 4.69) is 15.3 Å². The Morgan fingerprint density at radius 2 is 1.76 bits per heavy atom. The van der Waals surface area contributed by atoms with Gasteiger partial charge in [-0.15, -0.1) is 0 Å². The van der Waals surface area contributed by atoms with Gasteiger partial charge in [-0.2, -0.15) is 17.6 Å². The predicted molar refractivity (Wildman–Crippen MR) is 126 cm³/mol. The van der Waals surface area contributed by atoms with Crippen molar-refractivity contribution < 1.29 is 27.5 Å². The first-order valence-electron chi connectivity index (χ1n) is 11.1. The molecule has 1 aliphatic rings. The summed E-state index contributed by atoms with van der Waals surface area (Å²) >= 11 is 0. The first-order valence-corrected chi connectivity index (χ1v) is 11.1. The normalized spacial score (nSPS) is 14.0. The van der Waals surface area contributed by atoms with E-state index in [1.807, 2.05) is 29.2 Å². The number of hydrogen-bond donors (Lipinski definition) is 2. The number of aromatic nitrogens is 3. The lowest BCUT2D eigenvalue weighted by molar-refractivity contribution is -0.137. The summed E-state index contributed by atoms with van der Waals surface area (Å²) in [6.45, 7) is 2.44. The molecule has 12 heteroatoms. The lowest BCUT2D eigenvalue weighted by Crippen LogP contribution is -2.25. The number of carboxylic acid groups (broad SMARTS) is 1. The summed E-state index contributed by atoms with van der Waals surface area (Å²) in [6, 6.07) is 10.8. The molecular weight excluding hydrogens is 494 g/mol. The van der Waals surface area contributed by atoms with Crippen LogP contribution in [0.25, 0.3) is 5.65 Å². The molecule has 8 nitrogen and oxygen atoms in total. The molecule has 3 aromatic heterocycles. The quantitative estimate of drug-likeness (QED) is 0.296. The molecule has 0 unspecified atom stereocenters. The van der Waals surface area contributed by atoms with Crippen molar-refractivity contribution in [2.45, 2.75) is 32.2 Å². The molecule has 1 atom stereocenters. The van der Waals surface area contributed by atoms with E-state index < -0.39 is 41.0 Å². The lowest BCUT2D eigenvalue weighted by atomic mass is 10.1. The van der Waals surface area contributed by atoms with Crippen LogP contribution in [0.2, 0.25) is 0 Å². The van der Waals surface area contributed by atoms with Crippen LogP contribution in [-0.2, 0) is 19.3 Å². The molecule has 0 spiro atoms. The number of hydrogen-bond acceptors (Lipinski definition) is 6. The van der Waals surface area contributed by atoms with Crippen molar-refractivity contribution in [3.8, 4) is 0 Å². The fourth-order valence-corrected chi connectivity index (χ4v) is 4.37. The zero-order valence-corrected chi connectivity index (χ0v) is 19.3. The minimum absolute atomic E-state index is 0.00819. The van der Waals surface area contributed by atoms with Gasteiger partial charge in [0, 0.05) is 30.9 Å². The zero-order chi connectivity index (χ0) is 26.5. The number of pyridine rings is 2. The predicted octanol–water partition coefficient (Wildman–Crippen LogP) is 4.64. The molecular formula is C25H19F4N5O3. The van der Waals surface area contributed by atoms with Crippen LogP contribution in [0.1, 0.15) is 45.7 Å². The highest BCUT2D eigenvalue weighted by Gasteiger charge is 2.33. The number of aromatic carboxylic acids is 1. The first-order chi connectivity index (χ1) is 17.5. The highest BCUT2D eigenvalue weighted by molar-refractivity contribution is 5.92. The highest BCUT2D eigenvalue weighted by Crippen LogP contribution is 2.34. The fraction of sp³-hybridized carbons (Fsp3) is 0.200. The van der Waals surface area contributed by atoms with Gasteiger partial charge in [0.25, 0.3) is 5.56 Å². The number of carboxylic acids is 1. The third kappa shape index (κ3) is 4.57. The van der Waals surface area contributed by atoms with Gasteiger partial charge in [-0.3, -0.25) is 9.20 Å². The molecule has 0 radical (unpaired) electrons. The van der Waals surface area contributed by atoms with Crippen molar-refractivity contribution >= 4 is 23.1 Å². The van der Waals surface area contributed by atoms with E-state index in [1.54, 1.807) is 0 Å². The van der Waals surface area contributed by atoms with Crippen molar-refractivity contribution in [2.24, 2.45) is 0 Å². The summed E-state index contributed by atoms with van der Waals surface area (Å²) in [4.78, 5) is 34.3. The van der Waals surface area contributed by atoms with E-state index in [1.165, 1.54) is 13.0 Å². The second kappa shape index (κ2) is 8.87. The van der Waals surface area contributed by atoms with Gasteiger partial charge in [0.1, 0.15) is 11.5 Å². The molecule has 0 saturated carbocycles. The number of anilines is 2. The van der Waals surface area contributed by atoms with Crippen LogP contribution in [0.4, 0.5) is 29.1 Å². The van der Waals surface area contributed by atoms with Gasteiger partial charge in [-0.05, 0) is 36.2 Å². The maximum Gasteiger partial charge on any atom is 0.417 e. The van der Waals surface area contributed by atoms with Crippen molar-refractivity contribution in [2.75, 3.05) is 10.2 Å². The Bertz CT molecular complexity index is 1580. The molecule has 0 bridgehead atoms. The van der Waals surface area contributed by atoms with Gasteiger partial charge in [0.2, 0.25) is 5.95 Å². The number of benzene rings is 1. The summed E-state index contributed by atoms with van der Waals surface area (Å²) in [7, 11) is 0. The summed E-state index contributed by atoms with van der Waals surface area (Å²) in [5.74, 6) is -2.25. The number of rotatable bonds is 5. The van der Waals surface area contributed by atoms with Crippen LogP contribution in [0.15, 0.2) is 59.5 Å². The molecule has 0 aliphatic carbocycles. The average molecular weight is 513 g/mol. The molecule has 5 rings (SSSR count). The Labute approximate surface area is 206 Å². The number of nitrogens with zero attached hydrogens (tertiary/aromatic N) is 4. The maximum atomic E-state index is 13.7. The van der Waals surface area contributed by atoms with Crippen LogP contribution < -0.4 is 15.8 Å². The largest absolute Gasteiger partial charge is 0.476 e. The number of nitrogens with one attached hydrogen (secondary N) is 1. The molecule has 37 heavy (non-hydrogen) atoms. The fourth-order valence-electron chi connectivity index (χ4n) is 4.37. The van der Waals surface area contributed by atoms with Crippen molar-refractivity contribution in [1.82, 2.24) is 14.4 Å².